The first-order valence-corrected chi connectivity index (χ1v) is 2.04. The van der Waals surface area contributed by atoms with Crippen LogP contribution in [0.2, 0.25) is 0 Å². The van der Waals surface area contributed by atoms with Crippen LogP contribution in [0.5, 0.6) is 0 Å². The maximum Gasteiger partial charge on any atom is 0.178 e. The van der Waals surface area contributed by atoms with E-state index in [9.17, 15) is 0 Å². The van der Waals surface area contributed by atoms with Gasteiger partial charge in [0.05, 0.1) is 0 Å². The van der Waals surface area contributed by atoms with Gasteiger partial charge in [0, 0.05) is 6.04 Å². The van der Waals surface area contributed by atoms with E-state index in [0.29, 0.717) is 0 Å². The summed E-state index contributed by atoms with van der Waals surface area (Å²) in [5.41, 5.74) is 10.0. The smallest absolute Gasteiger partial charge is 0.178 e. The summed E-state index contributed by atoms with van der Waals surface area (Å²) in [5.74, 6) is -0.213. The molecule has 0 aliphatic carbocycles. The molecular formula is C4H10N2O. The van der Waals surface area contributed by atoms with Gasteiger partial charge in [-0.2, -0.15) is 0 Å². The van der Waals surface area contributed by atoms with E-state index in [2.05, 4.69) is 0 Å². The maximum absolute atomic E-state index is 8.28. The quantitative estimate of drug-likeness (QED) is 0.398. The van der Waals surface area contributed by atoms with Crippen molar-refractivity contribution in [2.45, 2.75) is 13.0 Å². The first-order valence-electron chi connectivity index (χ1n) is 2.04. The van der Waals surface area contributed by atoms with Crippen molar-refractivity contribution in [1.29, 1.82) is 0 Å². The molecule has 0 spiro atoms. The zero-order chi connectivity index (χ0) is 5.86. The van der Waals surface area contributed by atoms with Crippen molar-refractivity contribution >= 4 is 0 Å². The van der Waals surface area contributed by atoms with Crippen LogP contribution in [0.4, 0.5) is 0 Å². The zero-order valence-electron chi connectivity index (χ0n) is 4.26. The molecule has 0 aromatic heterocycles. The topological polar surface area (TPSA) is 72.3 Å². The van der Waals surface area contributed by atoms with Crippen LogP contribution in [0.3, 0.4) is 0 Å². The highest BCUT2D eigenvalue weighted by atomic mass is 16.3. The Morgan fingerprint density at radius 2 is 2.29 bits per heavy atom. The number of hydrogen-bond acceptors (Lipinski definition) is 3. The Kier molecular flexibility index (Phi) is 2.22. The van der Waals surface area contributed by atoms with E-state index in [0.717, 1.165) is 0 Å². The zero-order valence-corrected chi connectivity index (χ0v) is 4.26. The molecular weight excluding hydrogens is 92.1 g/mol. The Balaban J connectivity index is 3.45. The fraction of sp³-hybridized carbons (Fsp3) is 0.500. The summed E-state index contributed by atoms with van der Waals surface area (Å²) in [6.45, 7) is 1.73. The summed E-state index contributed by atoms with van der Waals surface area (Å²) in [4.78, 5) is 0. The molecule has 0 radical (unpaired) electrons. The molecule has 0 aromatic carbocycles. The summed E-state index contributed by atoms with van der Waals surface area (Å²) in [5, 5.41) is 8.28. The van der Waals surface area contributed by atoms with E-state index in [-0.39, 0.29) is 11.9 Å². The Bertz CT molecular complexity index is 73.8. The van der Waals surface area contributed by atoms with Gasteiger partial charge in [0.1, 0.15) is 0 Å². The summed E-state index contributed by atoms with van der Waals surface area (Å²) in [6.07, 6.45) is 1.36. The fourth-order valence-corrected chi connectivity index (χ4v) is 0.269. The van der Waals surface area contributed by atoms with Crippen molar-refractivity contribution in [3.63, 3.8) is 0 Å². The molecule has 0 saturated heterocycles. The first kappa shape index (κ1) is 6.30. The highest BCUT2D eigenvalue weighted by molar-refractivity contribution is 4.90. The second kappa shape index (κ2) is 2.47. The van der Waals surface area contributed by atoms with Gasteiger partial charge in [-0.1, -0.05) is 0 Å². The van der Waals surface area contributed by atoms with Gasteiger partial charge in [-0.25, -0.2) is 0 Å². The molecule has 0 rings (SSSR count). The molecule has 0 heterocycles. The molecule has 0 saturated carbocycles. The average molecular weight is 102 g/mol. The minimum absolute atomic E-state index is 0.162. The third kappa shape index (κ3) is 5.30. The van der Waals surface area contributed by atoms with Crippen LogP contribution in [0, 0.1) is 0 Å². The number of aliphatic hydroxyl groups is 1. The Morgan fingerprint density at radius 3 is 2.29 bits per heavy atom. The highest BCUT2D eigenvalue weighted by Gasteiger charge is 1.84. The minimum Gasteiger partial charge on any atom is -0.495 e. The first-order chi connectivity index (χ1) is 3.13. The monoisotopic (exact) mass is 102 g/mol. The van der Waals surface area contributed by atoms with Gasteiger partial charge >= 0.3 is 0 Å². The largest absolute Gasteiger partial charge is 0.495 e. The van der Waals surface area contributed by atoms with Crippen LogP contribution in [0.15, 0.2) is 12.0 Å². The second-order valence-corrected chi connectivity index (χ2v) is 1.45. The SMILES string of the molecule is CC(N)C=C(N)O. The van der Waals surface area contributed by atoms with Gasteiger partial charge < -0.3 is 16.6 Å². The van der Waals surface area contributed by atoms with Crippen molar-refractivity contribution in [3.8, 4) is 0 Å². The number of aliphatic hydroxyl groups excluding tert-OH is 1. The van der Waals surface area contributed by atoms with Crippen molar-refractivity contribution in [2.24, 2.45) is 11.5 Å². The van der Waals surface area contributed by atoms with Crippen molar-refractivity contribution < 1.29 is 5.11 Å². The van der Waals surface area contributed by atoms with Gasteiger partial charge in [-0.3, -0.25) is 0 Å². The minimum atomic E-state index is -0.213. The van der Waals surface area contributed by atoms with Gasteiger partial charge in [-0.05, 0) is 13.0 Å². The Labute approximate surface area is 42.6 Å². The van der Waals surface area contributed by atoms with E-state index in [4.69, 9.17) is 16.6 Å². The van der Waals surface area contributed by atoms with Gasteiger partial charge in [0.15, 0.2) is 5.88 Å². The third-order valence-corrected chi connectivity index (χ3v) is 0.434. The lowest BCUT2D eigenvalue weighted by Crippen LogP contribution is -2.13. The summed E-state index contributed by atoms with van der Waals surface area (Å²) in [7, 11) is 0. The molecule has 5 N–H and O–H groups in total. The summed E-state index contributed by atoms with van der Waals surface area (Å²) >= 11 is 0. The van der Waals surface area contributed by atoms with Crippen LogP contribution in [0.25, 0.3) is 0 Å². The molecule has 0 aliphatic heterocycles. The number of nitrogens with two attached hydrogens (primary N) is 2. The van der Waals surface area contributed by atoms with Crippen LogP contribution >= 0.6 is 0 Å². The van der Waals surface area contributed by atoms with Crippen LogP contribution in [-0.2, 0) is 0 Å². The second-order valence-electron chi connectivity index (χ2n) is 1.45. The van der Waals surface area contributed by atoms with E-state index in [1.165, 1.54) is 6.08 Å². The highest BCUT2D eigenvalue weighted by Crippen LogP contribution is 1.78. The molecule has 3 nitrogen and oxygen atoms in total. The molecule has 0 bridgehead atoms. The van der Waals surface area contributed by atoms with Crippen molar-refractivity contribution in [1.82, 2.24) is 0 Å². The van der Waals surface area contributed by atoms with Crippen LogP contribution in [0.1, 0.15) is 6.92 Å². The van der Waals surface area contributed by atoms with Crippen LogP contribution in [-0.4, -0.2) is 11.1 Å². The number of hydrogen-bond donors (Lipinski definition) is 3. The molecule has 0 aromatic rings. The molecule has 1 atom stereocenters. The molecule has 3 heteroatoms. The molecule has 7 heavy (non-hydrogen) atoms. The average Bonchev–Trinajstić information content (AvgIpc) is 1.27. The van der Waals surface area contributed by atoms with E-state index >= 15 is 0 Å². The molecule has 1 unspecified atom stereocenters. The predicted octanol–water partition coefficient (Wildman–Crippen LogP) is -0.308. The van der Waals surface area contributed by atoms with Crippen molar-refractivity contribution in [2.75, 3.05) is 0 Å². The molecule has 42 valence electrons. The fourth-order valence-electron chi connectivity index (χ4n) is 0.269. The lowest BCUT2D eigenvalue weighted by atomic mass is 10.3. The lowest BCUT2D eigenvalue weighted by Gasteiger charge is -1.92. The Morgan fingerprint density at radius 1 is 1.86 bits per heavy atom. The van der Waals surface area contributed by atoms with Gasteiger partial charge in [0.25, 0.3) is 0 Å². The van der Waals surface area contributed by atoms with Gasteiger partial charge in [-0.15, -0.1) is 0 Å². The third-order valence-electron chi connectivity index (χ3n) is 0.434. The maximum atomic E-state index is 8.28. The van der Waals surface area contributed by atoms with Crippen molar-refractivity contribution in [3.05, 3.63) is 12.0 Å². The molecule has 0 amide bonds. The summed E-state index contributed by atoms with van der Waals surface area (Å²) < 4.78 is 0. The van der Waals surface area contributed by atoms with E-state index in [1.807, 2.05) is 0 Å². The van der Waals surface area contributed by atoms with Crippen LogP contribution < -0.4 is 11.5 Å². The normalized spacial score (nSPS) is 16.6. The van der Waals surface area contributed by atoms with E-state index < -0.39 is 0 Å². The molecule has 0 fully saturated rings. The number of rotatable bonds is 1. The standard InChI is InChI=1S/C4H10N2O/c1-3(5)2-4(6)7/h2-3,7H,5-6H2,1H3. The Hall–Kier alpha value is -0.700. The molecule has 0 aliphatic rings. The van der Waals surface area contributed by atoms with E-state index in [1.54, 1.807) is 6.92 Å². The summed E-state index contributed by atoms with van der Waals surface area (Å²) in [6, 6.07) is -0.162. The lowest BCUT2D eigenvalue weighted by molar-refractivity contribution is 0.401. The van der Waals surface area contributed by atoms with Gasteiger partial charge in [0.2, 0.25) is 0 Å². The predicted molar refractivity (Wildman–Crippen MR) is 28.5 cm³/mol.